The molecular formula is C20H22N4O3. The maximum Gasteiger partial charge on any atom is 0.313 e. The van der Waals surface area contributed by atoms with E-state index in [1.807, 2.05) is 37.3 Å². The minimum Gasteiger partial charge on any atom is -0.366 e. The van der Waals surface area contributed by atoms with E-state index in [1.165, 1.54) is 18.5 Å². The predicted octanol–water partition coefficient (Wildman–Crippen LogP) is 2.26. The number of hydrogen-bond donors (Lipinski definition) is 2. The molecule has 3 N–H and O–H groups in total. The molecule has 3 amide bonds. The zero-order chi connectivity index (χ0) is 19.4. The lowest BCUT2D eigenvalue weighted by atomic mass is 9.91. The highest BCUT2D eigenvalue weighted by Crippen LogP contribution is 2.34. The first-order valence-electron chi connectivity index (χ1n) is 8.91. The number of benzene rings is 1. The summed E-state index contributed by atoms with van der Waals surface area (Å²) < 4.78 is 0. The first-order valence-corrected chi connectivity index (χ1v) is 8.91. The topological polar surface area (TPSA) is 105 Å². The third-order valence-corrected chi connectivity index (χ3v) is 4.80. The van der Waals surface area contributed by atoms with Crippen molar-refractivity contribution in [2.24, 2.45) is 5.73 Å². The number of rotatable bonds is 3. The molecule has 0 spiro atoms. The van der Waals surface area contributed by atoms with Crippen LogP contribution in [0.2, 0.25) is 0 Å². The van der Waals surface area contributed by atoms with Crippen molar-refractivity contribution < 1.29 is 14.4 Å². The van der Waals surface area contributed by atoms with Crippen molar-refractivity contribution in [1.82, 2.24) is 9.88 Å². The van der Waals surface area contributed by atoms with Crippen LogP contribution in [0.3, 0.4) is 0 Å². The number of nitrogens with zero attached hydrogens (tertiary/aromatic N) is 2. The van der Waals surface area contributed by atoms with Crippen molar-refractivity contribution in [2.45, 2.75) is 38.3 Å². The molecule has 27 heavy (non-hydrogen) atoms. The molecule has 1 aliphatic heterocycles. The fraction of sp³-hybridized carbons (Fsp3) is 0.300. The Morgan fingerprint density at radius 3 is 2.59 bits per heavy atom. The number of anilines is 1. The second-order valence-electron chi connectivity index (χ2n) is 6.70. The Hall–Kier alpha value is -3.22. The second kappa shape index (κ2) is 7.99. The highest BCUT2D eigenvalue weighted by atomic mass is 16.2. The van der Waals surface area contributed by atoms with Gasteiger partial charge in [-0.05, 0) is 37.8 Å². The van der Waals surface area contributed by atoms with Crippen LogP contribution in [0.15, 0.2) is 48.8 Å². The van der Waals surface area contributed by atoms with Crippen LogP contribution in [0.5, 0.6) is 0 Å². The van der Waals surface area contributed by atoms with Crippen LogP contribution in [-0.4, -0.2) is 33.6 Å². The van der Waals surface area contributed by atoms with E-state index in [2.05, 4.69) is 10.3 Å². The van der Waals surface area contributed by atoms with Gasteiger partial charge >= 0.3 is 11.8 Å². The van der Waals surface area contributed by atoms with Crippen LogP contribution in [0.1, 0.15) is 48.1 Å². The van der Waals surface area contributed by atoms with Gasteiger partial charge in [0.2, 0.25) is 5.91 Å². The Bertz CT molecular complexity index is 853. The summed E-state index contributed by atoms with van der Waals surface area (Å²) in [5.74, 6) is -2.01. The van der Waals surface area contributed by atoms with Crippen molar-refractivity contribution in [2.75, 3.05) is 5.32 Å². The summed E-state index contributed by atoms with van der Waals surface area (Å²) in [4.78, 5) is 42.3. The van der Waals surface area contributed by atoms with Gasteiger partial charge in [-0.25, -0.2) is 0 Å². The number of amides is 3. The molecule has 1 saturated heterocycles. The van der Waals surface area contributed by atoms with Crippen LogP contribution in [0.25, 0.3) is 0 Å². The number of nitrogens with one attached hydrogen (secondary N) is 1. The Kier molecular flexibility index (Phi) is 5.49. The van der Waals surface area contributed by atoms with Crippen LogP contribution >= 0.6 is 0 Å². The van der Waals surface area contributed by atoms with Crippen molar-refractivity contribution in [1.29, 1.82) is 0 Å². The standard InChI is InChI=1S/C20H22N4O3/c1-13-6-5-9-17(14-7-3-2-4-8-14)24(13)20(27)19(26)23-16-10-15(18(21)25)11-22-12-16/h2-4,7-8,10-13,17H,5-6,9H2,1H3,(H2,21,25)(H,23,26)/t13-,17+/m1/s1. The van der Waals surface area contributed by atoms with Crippen LogP contribution in [0, 0.1) is 0 Å². The van der Waals surface area contributed by atoms with Gasteiger partial charge in [-0.3, -0.25) is 19.4 Å². The number of nitrogens with two attached hydrogens (primary N) is 1. The molecule has 0 aliphatic carbocycles. The first-order chi connectivity index (χ1) is 13.0. The Morgan fingerprint density at radius 2 is 1.89 bits per heavy atom. The van der Waals surface area contributed by atoms with Crippen LogP contribution < -0.4 is 11.1 Å². The van der Waals surface area contributed by atoms with Crippen molar-refractivity contribution in [3.63, 3.8) is 0 Å². The lowest BCUT2D eigenvalue weighted by Gasteiger charge is -2.40. The summed E-state index contributed by atoms with van der Waals surface area (Å²) in [6.07, 6.45) is 5.33. The average molecular weight is 366 g/mol. The largest absolute Gasteiger partial charge is 0.366 e. The number of piperidine rings is 1. The highest BCUT2D eigenvalue weighted by molar-refractivity contribution is 6.39. The van der Waals surface area contributed by atoms with Gasteiger partial charge in [0.05, 0.1) is 23.5 Å². The Balaban J connectivity index is 1.80. The Labute approximate surface area is 157 Å². The summed E-state index contributed by atoms with van der Waals surface area (Å²) in [6, 6.07) is 10.9. The van der Waals surface area contributed by atoms with Crippen molar-refractivity contribution in [3.05, 3.63) is 59.9 Å². The fourth-order valence-electron chi connectivity index (χ4n) is 3.48. The molecule has 1 aliphatic rings. The highest BCUT2D eigenvalue weighted by Gasteiger charge is 2.35. The van der Waals surface area contributed by atoms with Gasteiger partial charge in [0.1, 0.15) is 0 Å². The molecule has 7 heteroatoms. The average Bonchev–Trinajstić information content (AvgIpc) is 2.68. The zero-order valence-electron chi connectivity index (χ0n) is 15.1. The lowest BCUT2D eigenvalue weighted by molar-refractivity contribution is -0.148. The third kappa shape index (κ3) is 4.13. The number of carbonyl (C=O) groups is 3. The minimum absolute atomic E-state index is 0.0442. The molecule has 0 saturated carbocycles. The Morgan fingerprint density at radius 1 is 1.15 bits per heavy atom. The molecule has 1 fully saturated rings. The van der Waals surface area contributed by atoms with Crippen LogP contribution in [-0.2, 0) is 9.59 Å². The zero-order valence-corrected chi connectivity index (χ0v) is 15.1. The van der Waals surface area contributed by atoms with Gasteiger partial charge in [0.25, 0.3) is 0 Å². The van der Waals surface area contributed by atoms with Crippen molar-refractivity contribution in [3.8, 4) is 0 Å². The number of hydrogen-bond acceptors (Lipinski definition) is 4. The number of likely N-dealkylation sites (tertiary alicyclic amines) is 1. The normalized spacial score (nSPS) is 19.4. The van der Waals surface area contributed by atoms with E-state index in [9.17, 15) is 14.4 Å². The maximum absolute atomic E-state index is 12.9. The lowest BCUT2D eigenvalue weighted by Crippen LogP contribution is -2.48. The molecule has 140 valence electrons. The molecule has 0 bridgehead atoms. The molecule has 7 nitrogen and oxygen atoms in total. The number of primary amides is 1. The molecule has 1 aromatic heterocycles. The van der Waals surface area contributed by atoms with E-state index in [1.54, 1.807) is 4.90 Å². The molecule has 0 unspecified atom stereocenters. The number of pyridine rings is 1. The number of carbonyl (C=O) groups excluding carboxylic acids is 3. The molecule has 2 heterocycles. The van der Waals surface area contributed by atoms with E-state index < -0.39 is 17.7 Å². The van der Waals surface area contributed by atoms with Gasteiger partial charge in [0, 0.05) is 12.2 Å². The third-order valence-electron chi connectivity index (χ3n) is 4.80. The van der Waals surface area contributed by atoms with Gasteiger partial charge in [0.15, 0.2) is 0 Å². The van der Waals surface area contributed by atoms with E-state index in [4.69, 9.17) is 5.73 Å². The summed E-state index contributed by atoms with van der Waals surface area (Å²) in [7, 11) is 0. The molecular weight excluding hydrogens is 344 g/mol. The minimum atomic E-state index is -0.756. The fourth-order valence-corrected chi connectivity index (χ4v) is 3.48. The molecule has 2 aromatic rings. The smallest absolute Gasteiger partial charge is 0.313 e. The monoisotopic (exact) mass is 366 g/mol. The van der Waals surface area contributed by atoms with Gasteiger partial charge < -0.3 is 16.0 Å². The first kappa shape index (κ1) is 18.6. The summed E-state index contributed by atoms with van der Waals surface area (Å²) in [5.41, 5.74) is 6.66. The maximum atomic E-state index is 12.9. The molecule has 0 radical (unpaired) electrons. The molecule has 2 atom stereocenters. The summed E-state index contributed by atoms with van der Waals surface area (Å²) in [5, 5.41) is 2.53. The number of aromatic nitrogens is 1. The van der Waals surface area contributed by atoms with E-state index in [0.717, 1.165) is 24.8 Å². The van der Waals surface area contributed by atoms with Gasteiger partial charge in [-0.2, -0.15) is 0 Å². The summed E-state index contributed by atoms with van der Waals surface area (Å²) >= 11 is 0. The van der Waals surface area contributed by atoms with E-state index in [0.29, 0.717) is 0 Å². The second-order valence-corrected chi connectivity index (χ2v) is 6.70. The van der Waals surface area contributed by atoms with Gasteiger partial charge in [-0.1, -0.05) is 30.3 Å². The summed E-state index contributed by atoms with van der Waals surface area (Å²) in [6.45, 7) is 1.95. The van der Waals surface area contributed by atoms with E-state index >= 15 is 0 Å². The predicted molar refractivity (Wildman–Crippen MR) is 101 cm³/mol. The van der Waals surface area contributed by atoms with Crippen LogP contribution in [0.4, 0.5) is 5.69 Å². The van der Waals surface area contributed by atoms with Gasteiger partial charge in [-0.15, -0.1) is 0 Å². The quantitative estimate of drug-likeness (QED) is 0.813. The van der Waals surface area contributed by atoms with E-state index in [-0.39, 0.29) is 23.3 Å². The van der Waals surface area contributed by atoms with Crippen molar-refractivity contribution >= 4 is 23.4 Å². The SMILES string of the molecule is C[C@@H]1CCC[C@@H](c2ccccc2)N1C(=O)C(=O)Nc1cncc(C(N)=O)c1. The molecule has 1 aromatic carbocycles. The molecule has 3 rings (SSSR count).